The van der Waals surface area contributed by atoms with Gasteiger partial charge in [-0.25, -0.2) is 8.42 Å². The Hall–Kier alpha value is -3.57. The minimum atomic E-state index is -3.58. The Kier molecular flexibility index (Phi) is 7.51. The Morgan fingerprint density at radius 1 is 0.694 bits per heavy atom. The fourth-order valence-corrected chi connectivity index (χ4v) is 6.03. The van der Waals surface area contributed by atoms with Crippen molar-refractivity contribution in [1.29, 1.82) is 0 Å². The molecule has 0 fully saturated rings. The first-order valence-electron chi connectivity index (χ1n) is 12.3. The van der Waals surface area contributed by atoms with Crippen molar-refractivity contribution in [3.8, 4) is 17.2 Å². The zero-order valence-corrected chi connectivity index (χ0v) is 21.8. The Morgan fingerprint density at radius 3 is 1.61 bits per heavy atom. The highest BCUT2D eigenvalue weighted by molar-refractivity contribution is 7.91. The van der Waals surface area contributed by atoms with Gasteiger partial charge >= 0.3 is 0 Å². The second-order valence-corrected chi connectivity index (χ2v) is 11.1. The van der Waals surface area contributed by atoms with E-state index in [-0.39, 0.29) is 21.0 Å². The van der Waals surface area contributed by atoms with E-state index in [0.717, 1.165) is 24.8 Å². The lowest BCUT2D eigenvalue weighted by atomic mass is 9.69. The highest BCUT2D eigenvalue weighted by atomic mass is 32.2. The SMILES string of the molecule is CCCC(CC)(c1ccc(O)cc1)c1ccc(Oc2ccc(S(=O)(=O)c3ccc(C)cc3)cc2)cc1. The summed E-state index contributed by atoms with van der Waals surface area (Å²) in [4.78, 5) is 0.507. The van der Waals surface area contributed by atoms with Crippen molar-refractivity contribution in [1.82, 2.24) is 0 Å². The molecule has 4 nitrogen and oxygen atoms in total. The Labute approximate surface area is 214 Å². The molecule has 0 aromatic heterocycles. The molecule has 1 atom stereocenters. The van der Waals surface area contributed by atoms with Gasteiger partial charge in [-0.2, -0.15) is 0 Å². The summed E-state index contributed by atoms with van der Waals surface area (Å²) in [5, 5.41) is 9.75. The molecule has 1 unspecified atom stereocenters. The molecule has 186 valence electrons. The number of rotatable bonds is 9. The van der Waals surface area contributed by atoms with Gasteiger partial charge in [0.1, 0.15) is 17.2 Å². The predicted molar refractivity (Wildman–Crippen MR) is 144 cm³/mol. The fourth-order valence-electron chi connectivity index (χ4n) is 4.77. The van der Waals surface area contributed by atoms with Crippen LogP contribution in [0.15, 0.2) is 107 Å². The van der Waals surface area contributed by atoms with Gasteiger partial charge < -0.3 is 9.84 Å². The molecule has 0 aliphatic carbocycles. The standard InChI is InChI=1S/C31H32O4S/c1-4-22-31(5-2,24-8-12-26(32)13-9-24)25-10-14-27(15-11-25)35-28-16-20-30(21-17-28)36(33,34)29-18-6-23(3)7-19-29/h6-21,32H,4-5,22H2,1-3H3. The molecule has 0 bridgehead atoms. The summed E-state index contributed by atoms with van der Waals surface area (Å²) in [5.41, 5.74) is 3.25. The van der Waals surface area contributed by atoms with Gasteiger partial charge in [-0.3, -0.25) is 0 Å². The van der Waals surface area contributed by atoms with E-state index in [1.165, 1.54) is 11.1 Å². The summed E-state index contributed by atoms with van der Waals surface area (Å²) in [6.07, 6.45) is 2.96. The van der Waals surface area contributed by atoms with Crippen molar-refractivity contribution in [3.63, 3.8) is 0 Å². The lowest BCUT2D eigenvalue weighted by Crippen LogP contribution is -2.26. The Bertz CT molecular complexity index is 1390. The van der Waals surface area contributed by atoms with E-state index in [2.05, 4.69) is 26.0 Å². The van der Waals surface area contributed by atoms with Gasteiger partial charge in [-0.05, 0) is 91.6 Å². The average Bonchev–Trinajstić information content (AvgIpc) is 2.89. The number of benzene rings is 4. The van der Waals surface area contributed by atoms with Crippen LogP contribution in [-0.4, -0.2) is 13.5 Å². The third kappa shape index (κ3) is 5.17. The third-order valence-corrected chi connectivity index (χ3v) is 8.59. The molecule has 0 spiro atoms. The zero-order valence-electron chi connectivity index (χ0n) is 20.9. The molecule has 5 heteroatoms. The zero-order chi connectivity index (χ0) is 25.8. The van der Waals surface area contributed by atoms with Gasteiger partial charge in [0.25, 0.3) is 0 Å². The van der Waals surface area contributed by atoms with Crippen LogP contribution in [0.1, 0.15) is 49.8 Å². The van der Waals surface area contributed by atoms with Crippen molar-refractivity contribution in [2.75, 3.05) is 0 Å². The van der Waals surface area contributed by atoms with Gasteiger partial charge in [0.05, 0.1) is 9.79 Å². The van der Waals surface area contributed by atoms with Gasteiger partial charge in [-0.1, -0.05) is 62.2 Å². The van der Waals surface area contributed by atoms with Gasteiger partial charge in [0.2, 0.25) is 9.84 Å². The van der Waals surface area contributed by atoms with E-state index in [1.807, 2.05) is 31.2 Å². The van der Waals surface area contributed by atoms with Crippen molar-refractivity contribution in [2.45, 2.75) is 55.2 Å². The summed E-state index contributed by atoms with van der Waals surface area (Å²) in [5.74, 6) is 1.52. The molecule has 0 saturated heterocycles. The fraction of sp³-hybridized carbons (Fsp3) is 0.226. The maximum absolute atomic E-state index is 12.9. The van der Waals surface area contributed by atoms with Crippen LogP contribution in [0.5, 0.6) is 17.2 Å². The lowest BCUT2D eigenvalue weighted by molar-refractivity contribution is 0.444. The van der Waals surface area contributed by atoms with Crippen LogP contribution in [0.4, 0.5) is 0 Å². The number of phenolic OH excluding ortho intramolecular Hbond substituents is 1. The third-order valence-electron chi connectivity index (χ3n) is 6.81. The highest BCUT2D eigenvalue weighted by Gasteiger charge is 2.31. The van der Waals surface area contributed by atoms with E-state index in [1.54, 1.807) is 60.7 Å². The summed E-state index contributed by atoms with van der Waals surface area (Å²) in [7, 11) is -3.58. The average molecular weight is 501 g/mol. The van der Waals surface area contributed by atoms with Crippen LogP contribution in [0.25, 0.3) is 0 Å². The first-order valence-corrected chi connectivity index (χ1v) is 13.8. The first-order chi connectivity index (χ1) is 17.3. The Balaban J connectivity index is 1.55. The molecular weight excluding hydrogens is 468 g/mol. The maximum atomic E-state index is 12.9. The van der Waals surface area contributed by atoms with Crippen molar-refractivity contribution in [3.05, 3.63) is 114 Å². The molecule has 4 aromatic rings. The first kappa shape index (κ1) is 25.5. The van der Waals surface area contributed by atoms with Crippen LogP contribution in [0, 0.1) is 6.92 Å². The number of aryl methyl sites for hydroxylation is 1. The van der Waals surface area contributed by atoms with Crippen molar-refractivity contribution >= 4 is 9.84 Å². The number of sulfone groups is 1. The molecule has 1 N–H and O–H groups in total. The highest BCUT2D eigenvalue weighted by Crippen LogP contribution is 2.41. The Morgan fingerprint density at radius 2 is 1.14 bits per heavy atom. The predicted octanol–water partition coefficient (Wildman–Crippen LogP) is 7.82. The molecule has 0 radical (unpaired) electrons. The number of ether oxygens (including phenoxy) is 1. The molecular formula is C31H32O4S. The molecule has 36 heavy (non-hydrogen) atoms. The molecule has 0 amide bonds. The van der Waals surface area contributed by atoms with Crippen molar-refractivity contribution in [2.24, 2.45) is 0 Å². The van der Waals surface area contributed by atoms with E-state index in [4.69, 9.17) is 4.74 Å². The van der Waals surface area contributed by atoms with Crippen LogP contribution >= 0.6 is 0 Å². The lowest BCUT2D eigenvalue weighted by Gasteiger charge is -2.34. The van der Waals surface area contributed by atoms with E-state index >= 15 is 0 Å². The van der Waals surface area contributed by atoms with Crippen LogP contribution < -0.4 is 4.74 Å². The smallest absolute Gasteiger partial charge is 0.206 e. The number of phenols is 1. The van der Waals surface area contributed by atoms with Gasteiger partial charge in [0.15, 0.2) is 0 Å². The molecule has 4 aromatic carbocycles. The van der Waals surface area contributed by atoms with E-state index in [9.17, 15) is 13.5 Å². The van der Waals surface area contributed by atoms with E-state index < -0.39 is 9.84 Å². The van der Waals surface area contributed by atoms with Crippen molar-refractivity contribution < 1.29 is 18.3 Å². The van der Waals surface area contributed by atoms with Crippen LogP contribution in [0.3, 0.4) is 0 Å². The summed E-state index contributed by atoms with van der Waals surface area (Å²) < 4.78 is 31.8. The number of aromatic hydroxyl groups is 1. The molecule has 4 rings (SSSR count). The molecule has 0 saturated carbocycles. The summed E-state index contributed by atoms with van der Waals surface area (Å²) >= 11 is 0. The monoisotopic (exact) mass is 500 g/mol. The summed E-state index contributed by atoms with van der Waals surface area (Å²) in [6.45, 7) is 6.30. The normalized spacial score (nSPS) is 13.2. The molecule has 0 aliphatic heterocycles. The second-order valence-electron chi connectivity index (χ2n) is 9.15. The largest absolute Gasteiger partial charge is 0.508 e. The second kappa shape index (κ2) is 10.6. The number of hydrogen-bond acceptors (Lipinski definition) is 4. The van der Waals surface area contributed by atoms with Crippen LogP contribution in [0.2, 0.25) is 0 Å². The minimum Gasteiger partial charge on any atom is -0.508 e. The number of hydrogen-bond donors (Lipinski definition) is 1. The van der Waals surface area contributed by atoms with Gasteiger partial charge in [0, 0.05) is 5.41 Å². The topological polar surface area (TPSA) is 63.6 Å². The summed E-state index contributed by atoms with van der Waals surface area (Å²) in [6, 6.07) is 29.0. The van der Waals surface area contributed by atoms with Gasteiger partial charge in [-0.15, -0.1) is 0 Å². The van der Waals surface area contributed by atoms with Crippen LogP contribution in [-0.2, 0) is 15.3 Å². The van der Waals surface area contributed by atoms with E-state index in [0.29, 0.717) is 11.5 Å². The minimum absolute atomic E-state index is 0.146. The molecule has 0 heterocycles. The molecule has 0 aliphatic rings. The quantitative estimate of drug-likeness (QED) is 0.254. The maximum Gasteiger partial charge on any atom is 0.206 e.